The molecule has 0 aliphatic carbocycles. The number of hydrogen-bond acceptors (Lipinski definition) is 4. The van der Waals surface area contributed by atoms with Crippen molar-refractivity contribution >= 4 is 5.76 Å². The van der Waals surface area contributed by atoms with Crippen LogP contribution < -0.4 is 14.2 Å². The smallest absolute Gasteiger partial charge is 0.161 e. The Labute approximate surface area is 183 Å². The van der Waals surface area contributed by atoms with Crippen molar-refractivity contribution in [2.24, 2.45) is 0 Å². The number of para-hydroxylation sites is 1. The third-order valence-corrected chi connectivity index (χ3v) is 5.91. The van der Waals surface area contributed by atoms with E-state index >= 15 is 0 Å². The Bertz CT molecular complexity index is 1120. The highest BCUT2D eigenvalue weighted by molar-refractivity contribution is 5.74. The highest BCUT2D eigenvalue weighted by atomic mass is 16.5. The number of aryl methyl sites for hydroxylation is 1. The molecule has 0 saturated heterocycles. The van der Waals surface area contributed by atoms with Gasteiger partial charge in [0, 0.05) is 22.6 Å². The number of aliphatic hydroxyl groups is 1. The van der Waals surface area contributed by atoms with Crippen molar-refractivity contribution in [2.45, 2.75) is 32.3 Å². The third-order valence-electron chi connectivity index (χ3n) is 5.91. The lowest BCUT2D eigenvalue weighted by Crippen LogP contribution is -2.25. The third kappa shape index (κ3) is 3.79. The summed E-state index contributed by atoms with van der Waals surface area (Å²) in [4.78, 5) is 0. The molecule has 31 heavy (non-hydrogen) atoms. The Hall–Kier alpha value is -3.24. The van der Waals surface area contributed by atoms with Crippen molar-refractivity contribution in [1.29, 1.82) is 0 Å². The van der Waals surface area contributed by atoms with Gasteiger partial charge in [0.1, 0.15) is 11.5 Å². The summed E-state index contributed by atoms with van der Waals surface area (Å²) in [6.45, 7) is 4.10. The predicted molar refractivity (Wildman–Crippen MR) is 123 cm³/mol. The maximum atomic E-state index is 11.2. The summed E-state index contributed by atoms with van der Waals surface area (Å²) in [7, 11) is 3.23. The van der Waals surface area contributed by atoms with Gasteiger partial charge in [0.2, 0.25) is 0 Å². The molecule has 4 rings (SSSR count). The molecular formula is C27H28O4. The van der Waals surface area contributed by atoms with E-state index in [-0.39, 0.29) is 5.92 Å². The van der Waals surface area contributed by atoms with Crippen molar-refractivity contribution in [3.8, 4) is 17.2 Å². The summed E-state index contributed by atoms with van der Waals surface area (Å²) in [6.07, 6.45) is -0.0684. The topological polar surface area (TPSA) is 47.9 Å². The maximum absolute atomic E-state index is 11.2. The molecule has 0 fully saturated rings. The van der Waals surface area contributed by atoms with Gasteiger partial charge in [-0.05, 0) is 48.7 Å². The van der Waals surface area contributed by atoms with Crippen LogP contribution >= 0.6 is 0 Å². The van der Waals surface area contributed by atoms with Crippen LogP contribution in [0, 0.1) is 6.92 Å². The molecule has 0 amide bonds. The summed E-state index contributed by atoms with van der Waals surface area (Å²) in [5.41, 5.74) is 5.11. The minimum Gasteiger partial charge on any atom is -0.493 e. The van der Waals surface area contributed by atoms with Gasteiger partial charge in [0.15, 0.2) is 11.5 Å². The minimum atomic E-state index is -0.652. The molecule has 0 spiro atoms. The number of methoxy groups -OCH3 is 2. The lowest BCUT2D eigenvalue weighted by atomic mass is 9.77. The van der Waals surface area contributed by atoms with Gasteiger partial charge in [-0.15, -0.1) is 0 Å². The van der Waals surface area contributed by atoms with E-state index in [4.69, 9.17) is 14.2 Å². The molecule has 0 saturated carbocycles. The Morgan fingerprint density at radius 3 is 2.26 bits per heavy atom. The van der Waals surface area contributed by atoms with Crippen LogP contribution in [0.1, 0.15) is 41.5 Å². The average molecular weight is 417 g/mol. The van der Waals surface area contributed by atoms with Gasteiger partial charge in [-0.3, -0.25) is 0 Å². The molecule has 2 atom stereocenters. The number of rotatable bonds is 6. The lowest BCUT2D eigenvalue weighted by molar-refractivity contribution is 0.197. The predicted octanol–water partition coefficient (Wildman–Crippen LogP) is 5.72. The normalized spacial score (nSPS) is 16.4. The fourth-order valence-corrected chi connectivity index (χ4v) is 4.29. The van der Waals surface area contributed by atoms with E-state index in [1.54, 1.807) is 14.2 Å². The van der Waals surface area contributed by atoms with Gasteiger partial charge in [0.05, 0.1) is 20.3 Å². The summed E-state index contributed by atoms with van der Waals surface area (Å²) < 4.78 is 17.4. The van der Waals surface area contributed by atoms with Crippen molar-refractivity contribution in [3.05, 3.63) is 94.6 Å². The van der Waals surface area contributed by atoms with Crippen LogP contribution in [0.4, 0.5) is 0 Å². The first kappa shape index (κ1) is 21.0. The first-order valence-corrected chi connectivity index (χ1v) is 10.6. The van der Waals surface area contributed by atoms with E-state index in [0.29, 0.717) is 23.7 Å². The average Bonchev–Trinajstić information content (AvgIpc) is 2.82. The van der Waals surface area contributed by atoms with Gasteiger partial charge in [-0.1, -0.05) is 49.4 Å². The van der Waals surface area contributed by atoms with Crippen LogP contribution in [0.2, 0.25) is 0 Å². The highest BCUT2D eigenvalue weighted by Crippen LogP contribution is 2.48. The van der Waals surface area contributed by atoms with E-state index in [0.717, 1.165) is 22.4 Å². The van der Waals surface area contributed by atoms with E-state index < -0.39 is 6.10 Å². The fraction of sp³-hybridized carbons (Fsp3) is 0.259. The van der Waals surface area contributed by atoms with Crippen molar-refractivity contribution < 1.29 is 19.3 Å². The number of ether oxygens (including phenoxy) is 3. The standard InChI is InChI=1S/C27H28O4/c1-5-21(28)26-25(19-11-7-6-10-17(19)2)20-12-8-9-13-22(20)31-27(26)18-14-15-23(29-3)24(16-18)30-4/h6-16,21,25,28H,5H2,1-4H3/t21-,25+/m0/s1. The molecule has 1 heterocycles. The van der Waals surface area contributed by atoms with Gasteiger partial charge in [-0.25, -0.2) is 0 Å². The zero-order valence-corrected chi connectivity index (χ0v) is 18.4. The van der Waals surface area contributed by atoms with Crippen LogP contribution in [-0.2, 0) is 0 Å². The first-order chi connectivity index (χ1) is 15.1. The molecule has 3 aromatic carbocycles. The van der Waals surface area contributed by atoms with Gasteiger partial charge >= 0.3 is 0 Å². The summed E-state index contributed by atoms with van der Waals surface area (Å²) in [5, 5.41) is 11.2. The molecular weight excluding hydrogens is 388 g/mol. The van der Waals surface area contributed by atoms with Gasteiger partial charge in [0.25, 0.3) is 0 Å². The Morgan fingerprint density at radius 1 is 0.903 bits per heavy atom. The summed E-state index contributed by atoms with van der Waals surface area (Å²) in [5.74, 6) is 2.63. The zero-order valence-electron chi connectivity index (χ0n) is 18.4. The number of aliphatic hydroxyl groups excluding tert-OH is 1. The monoisotopic (exact) mass is 416 g/mol. The molecule has 0 bridgehead atoms. The van der Waals surface area contributed by atoms with Crippen molar-refractivity contribution in [1.82, 2.24) is 0 Å². The summed E-state index contributed by atoms with van der Waals surface area (Å²) in [6, 6.07) is 22.1. The van der Waals surface area contributed by atoms with Gasteiger partial charge < -0.3 is 19.3 Å². The summed E-state index contributed by atoms with van der Waals surface area (Å²) >= 11 is 0. The zero-order chi connectivity index (χ0) is 22.0. The number of hydrogen-bond donors (Lipinski definition) is 1. The second-order valence-corrected chi connectivity index (χ2v) is 7.71. The molecule has 4 heteroatoms. The molecule has 4 nitrogen and oxygen atoms in total. The SMILES string of the molecule is CC[C@H](O)C1=C(c2ccc(OC)c(OC)c2)Oc2ccccc2[C@H]1c1ccccc1C. The first-order valence-electron chi connectivity index (χ1n) is 10.6. The van der Waals surface area contributed by atoms with Crippen LogP contribution in [-0.4, -0.2) is 25.4 Å². The Balaban J connectivity index is 2.00. The van der Waals surface area contributed by atoms with E-state index in [1.165, 1.54) is 11.1 Å². The Morgan fingerprint density at radius 2 is 1.58 bits per heavy atom. The number of benzene rings is 3. The molecule has 0 aromatic heterocycles. The van der Waals surface area contributed by atoms with Crippen molar-refractivity contribution in [2.75, 3.05) is 14.2 Å². The molecule has 3 aromatic rings. The van der Waals surface area contributed by atoms with E-state index in [1.807, 2.05) is 55.5 Å². The van der Waals surface area contributed by atoms with Crippen molar-refractivity contribution in [3.63, 3.8) is 0 Å². The second kappa shape index (κ2) is 8.86. The van der Waals surface area contributed by atoms with E-state index in [9.17, 15) is 5.11 Å². The largest absolute Gasteiger partial charge is 0.493 e. The molecule has 0 unspecified atom stereocenters. The van der Waals surface area contributed by atoms with Crippen LogP contribution in [0.25, 0.3) is 5.76 Å². The molecule has 1 aliphatic rings. The van der Waals surface area contributed by atoms with Crippen LogP contribution in [0.15, 0.2) is 72.3 Å². The molecule has 0 radical (unpaired) electrons. The van der Waals surface area contributed by atoms with E-state index in [2.05, 4.69) is 25.1 Å². The quantitative estimate of drug-likeness (QED) is 0.558. The maximum Gasteiger partial charge on any atom is 0.161 e. The molecule has 1 aliphatic heterocycles. The highest BCUT2D eigenvalue weighted by Gasteiger charge is 2.35. The van der Waals surface area contributed by atoms with Crippen LogP contribution in [0.3, 0.4) is 0 Å². The Kier molecular flexibility index (Phi) is 6.01. The minimum absolute atomic E-state index is 0.107. The van der Waals surface area contributed by atoms with Gasteiger partial charge in [-0.2, -0.15) is 0 Å². The lowest BCUT2D eigenvalue weighted by Gasteiger charge is -2.34. The second-order valence-electron chi connectivity index (χ2n) is 7.71. The van der Waals surface area contributed by atoms with Crippen LogP contribution in [0.5, 0.6) is 17.2 Å². The molecule has 1 N–H and O–H groups in total. The fourth-order valence-electron chi connectivity index (χ4n) is 4.29. The molecule has 160 valence electrons. The number of fused-ring (bicyclic) bond motifs is 1.